The molecular formula is C18H28O2Si. The van der Waals surface area contributed by atoms with E-state index in [4.69, 9.17) is 4.43 Å². The van der Waals surface area contributed by atoms with Crippen LogP contribution in [0.25, 0.3) is 0 Å². The Balaban J connectivity index is 2.44. The van der Waals surface area contributed by atoms with E-state index in [2.05, 4.69) is 65.9 Å². The van der Waals surface area contributed by atoms with E-state index in [9.17, 15) is 4.79 Å². The Bertz CT molecular complexity index is 569. The number of ketones is 1. The van der Waals surface area contributed by atoms with Gasteiger partial charge < -0.3 is 4.43 Å². The normalized spacial score (nSPS) is 22.9. The van der Waals surface area contributed by atoms with E-state index in [0.717, 1.165) is 17.7 Å². The summed E-state index contributed by atoms with van der Waals surface area (Å²) in [6, 6.07) is 6.28. The summed E-state index contributed by atoms with van der Waals surface area (Å²) < 4.78 is 6.54. The average Bonchev–Trinajstić information content (AvgIpc) is 2.34. The standard InChI is InChI=1S/C18H28O2Si/c1-13-8-9-14(18(5)11-10-16(18)19)15(12-13)20-21(6,7)17(2,3)4/h8-9,12H,10-11H2,1-7H3/t18-/m0/s1. The summed E-state index contributed by atoms with van der Waals surface area (Å²) >= 11 is 0. The molecule has 1 aromatic carbocycles. The first-order chi connectivity index (χ1) is 9.47. The van der Waals surface area contributed by atoms with Gasteiger partial charge in [0.15, 0.2) is 0 Å². The highest BCUT2D eigenvalue weighted by Crippen LogP contribution is 2.46. The second-order valence-corrected chi connectivity index (χ2v) is 12.8. The van der Waals surface area contributed by atoms with Gasteiger partial charge in [0, 0.05) is 12.0 Å². The Kier molecular flexibility index (Phi) is 3.86. The Hall–Kier alpha value is -1.09. The number of aryl methyl sites for hydroxylation is 1. The van der Waals surface area contributed by atoms with Gasteiger partial charge in [0.25, 0.3) is 0 Å². The Morgan fingerprint density at radius 1 is 1.24 bits per heavy atom. The fraction of sp³-hybridized carbons (Fsp3) is 0.611. The maximum Gasteiger partial charge on any atom is 0.250 e. The lowest BCUT2D eigenvalue weighted by molar-refractivity contribution is -0.131. The first-order valence-corrected chi connectivity index (χ1v) is 10.7. The molecule has 0 aliphatic heterocycles. The van der Waals surface area contributed by atoms with Crippen molar-refractivity contribution in [1.82, 2.24) is 0 Å². The van der Waals surface area contributed by atoms with Gasteiger partial charge in [-0.2, -0.15) is 0 Å². The van der Waals surface area contributed by atoms with Crippen molar-refractivity contribution in [3.05, 3.63) is 29.3 Å². The Morgan fingerprint density at radius 3 is 2.29 bits per heavy atom. The summed E-state index contributed by atoms with van der Waals surface area (Å²) in [7, 11) is -1.90. The Morgan fingerprint density at radius 2 is 1.86 bits per heavy atom. The van der Waals surface area contributed by atoms with Gasteiger partial charge in [-0.05, 0) is 50.0 Å². The minimum atomic E-state index is -1.90. The summed E-state index contributed by atoms with van der Waals surface area (Å²) in [5.41, 5.74) is 1.92. The molecule has 0 saturated heterocycles. The van der Waals surface area contributed by atoms with Gasteiger partial charge >= 0.3 is 0 Å². The van der Waals surface area contributed by atoms with Crippen LogP contribution in [0.1, 0.15) is 51.7 Å². The molecule has 1 aromatic rings. The van der Waals surface area contributed by atoms with Gasteiger partial charge in [-0.25, -0.2) is 0 Å². The number of carbonyl (C=O) groups is 1. The highest BCUT2D eigenvalue weighted by molar-refractivity contribution is 6.74. The highest BCUT2D eigenvalue weighted by Gasteiger charge is 2.46. The van der Waals surface area contributed by atoms with Crippen molar-refractivity contribution in [3.63, 3.8) is 0 Å². The zero-order valence-electron chi connectivity index (χ0n) is 14.5. The van der Waals surface area contributed by atoms with Crippen LogP contribution in [0.2, 0.25) is 18.1 Å². The minimum absolute atomic E-state index is 0.151. The van der Waals surface area contributed by atoms with Crippen LogP contribution in [-0.2, 0) is 10.2 Å². The van der Waals surface area contributed by atoms with Crippen LogP contribution in [0.5, 0.6) is 5.75 Å². The lowest BCUT2D eigenvalue weighted by atomic mass is 9.64. The first kappa shape index (κ1) is 16.3. The number of hydrogen-bond donors (Lipinski definition) is 0. The van der Waals surface area contributed by atoms with E-state index in [-0.39, 0.29) is 10.5 Å². The lowest BCUT2D eigenvalue weighted by Crippen LogP contribution is -2.46. The molecule has 1 saturated carbocycles. The van der Waals surface area contributed by atoms with Crippen molar-refractivity contribution in [2.45, 2.75) is 71.0 Å². The topological polar surface area (TPSA) is 26.3 Å². The zero-order valence-corrected chi connectivity index (χ0v) is 15.5. The molecule has 0 amide bonds. The molecular weight excluding hydrogens is 276 g/mol. The number of Topliss-reactive ketones (excluding diaryl/α,β-unsaturated/α-hetero) is 1. The second-order valence-electron chi connectivity index (χ2n) is 8.12. The van der Waals surface area contributed by atoms with Gasteiger partial charge in [0.2, 0.25) is 8.32 Å². The molecule has 0 heterocycles. The van der Waals surface area contributed by atoms with Crippen molar-refractivity contribution in [1.29, 1.82) is 0 Å². The fourth-order valence-electron chi connectivity index (χ4n) is 2.48. The first-order valence-electron chi connectivity index (χ1n) is 7.81. The van der Waals surface area contributed by atoms with Gasteiger partial charge in [-0.15, -0.1) is 0 Å². The van der Waals surface area contributed by atoms with E-state index >= 15 is 0 Å². The van der Waals surface area contributed by atoms with Crippen molar-refractivity contribution in [3.8, 4) is 5.75 Å². The van der Waals surface area contributed by atoms with E-state index in [1.165, 1.54) is 5.56 Å². The quantitative estimate of drug-likeness (QED) is 0.735. The molecule has 0 bridgehead atoms. The number of hydrogen-bond acceptors (Lipinski definition) is 2. The molecule has 0 radical (unpaired) electrons. The number of benzene rings is 1. The molecule has 0 aromatic heterocycles. The molecule has 1 aliphatic rings. The van der Waals surface area contributed by atoms with Crippen LogP contribution < -0.4 is 4.43 Å². The molecule has 0 N–H and O–H groups in total. The van der Waals surface area contributed by atoms with E-state index in [1.807, 2.05) is 0 Å². The second kappa shape index (κ2) is 4.98. The molecule has 116 valence electrons. The summed E-state index contributed by atoms with van der Waals surface area (Å²) in [5.74, 6) is 1.27. The smallest absolute Gasteiger partial charge is 0.250 e. The van der Waals surface area contributed by atoms with Crippen LogP contribution in [-0.4, -0.2) is 14.1 Å². The lowest BCUT2D eigenvalue weighted by Gasteiger charge is -2.41. The van der Waals surface area contributed by atoms with Gasteiger partial charge in [-0.1, -0.05) is 32.9 Å². The van der Waals surface area contributed by atoms with E-state index < -0.39 is 8.32 Å². The summed E-state index contributed by atoms with van der Waals surface area (Å²) in [6.07, 6.45) is 1.63. The third-order valence-corrected chi connectivity index (χ3v) is 9.71. The Labute approximate surface area is 130 Å². The highest BCUT2D eigenvalue weighted by atomic mass is 28.4. The summed E-state index contributed by atoms with van der Waals surface area (Å²) in [6.45, 7) is 15.4. The number of carbonyl (C=O) groups excluding carboxylic acids is 1. The third kappa shape index (κ3) is 2.80. The van der Waals surface area contributed by atoms with Crippen LogP contribution in [0.4, 0.5) is 0 Å². The van der Waals surface area contributed by atoms with E-state index in [0.29, 0.717) is 12.2 Å². The van der Waals surface area contributed by atoms with Crippen LogP contribution in [0, 0.1) is 6.92 Å². The fourth-order valence-corrected chi connectivity index (χ4v) is 3.51. The molecule has 0 unspecified atom stereocenters. The zero-order chi connectivity index (χ0) is 16.1. The molecule has 3 heteroatoms. The minimum Gasteiger partial charge on any atom is -0.543 e. The molecule has 0 spiro atoms. The van der Waals surface area contributed by atoms with Crippen molar-refractivity contribution < 1.29 is 9.22 Å². The predicted molar refractivity (Wildman–Crippen MR) is 90.6 cm³/mol. The van der Waals surface area contributed by atoms with Crippen LogP contribution >= 0.6 is 0 Å². The van der Waals surface area contributed by atoms with E-state index in [1.54, 1.807) is 0 Å². The van der Waals surface area contributed by atoms with Gasteiger partial charge in [-0.3, -0.25) is 4.79 Å². The largest absolute Gasteiger partial charge is 0.543 e. The van der Waals surface area contributed by atoms with Crippen molar-refractivity contribution in [2.75, 3.05) is 0 Å². The predicted octanol–water partition coefficient (Wildman–Crippen LogP) is 5.00. The molecule has 1 aliphatic carbocycles. The number of rotatable bonds is 3. The molecule has 1 atom stereocenters. The SMILES string of the molecule is Cc1ccc([C@]2(C)CCC2=O)c(O[Si](C)(C)C(C)(C)C)c1. The molecule has 2 rings (SSSR count). The summed E-state index contributed by atoms with van der Waals surface area (Å²) in [4.78, 5) is 12.1. The van der Waals surface area contributed by atoms with Gasteiger partial charge in [0.1, 0.15) is 11.5 Å². The molecule has 21 heavy (non-hydrogen) atoms. The van der Waals surface area contributed by atoms with Gasteiger partial charge in [0.05, 0.1) is 5.41 Å². The van der Waals surface area contributed by atoms with Crippen LogP contribution in [0.3, 0.4) is 0 Å². The monoisotopic (exact) mass is 304 g/mol. The molecule has 1 fully saturated rings. The van der Waals surface area contributed by atoms with Crippen LogP contribution in [0.15, 0.2) is 18.2 Å². The molecule has 2 nitrogen and oxygen atoms in total. The maximum atomic E-state index is 12.1. The maximum absolute atomic E-state index is 12.1. The summed E-state index contributed by atoms with van der Waals surface area (Å²) in [5, 5.41) is 0.151. The average molecular weight is 305 g/mol. The van der Waals surface area contributed by atoms with Crippen molar-refractivity contribution >= 4 is 14.1 Å². The third-order valence-electron chi connectivity index (χ3n) is 5.37. The van der Waals surface area contributed by atoms with Crippen molar-refractivity contribution in [2.24, 2.45) is 0 Å².